The average Bonchev–Trinajstić information content (AvgIpc) is 2.86. The number of anilines is 1. The summed E-state index contributed by atoms with van der Waals surface area (Å²) in [6.45, 7) is 3.30. The van der Waals surface area contributed by atoms with Crippen molar-refractivity contribution in [3.05, 3.63) is 18.6 Å². The molecule has 1 aliphatic heterocycles. The number of rotatable bonds is 2. The molecule has 0 spiro atoms. The number of hydrogen-bond acceptors (Lipinski definition) is 5. The van der Waals surface area contributed by atoms with Crippen LogP contribution in [0.4, 0.5) is 5.95 Å². The van der Waals surface area contributed by atoms with Crippen LogP contribution in [0.3, 0.4) is 0 Å². The molecule has 0 saturated carbocycles. The van der Waals surface area contributed by atoms with Gasteiger partial charge in [-0.25, -0.2) is 9.97 Å². The second-order valence-corrected chi connectivity index (χ2v) is 4.71. The number of imidazole rings is 1. The number of fused-ring (bicyclic) bond motifs is 1. The van der Waals surface area contributed by atoms with Gasteiger partial charge in [0.25, 0.3) is 0 Å². The molecule has 3 rings (SSSR count). The van der Waals surface area contributed by atoms with E-state index in [9.17, 15) is 0 Å². The predicted molar refractivity (Wildman–Crippen MR) is 67.8 cm³/mol. The molecule has 0 amide bonds. The van der Waals surface area contributed by atoms with Gasteiger partial charge >= 0.3 is 0 Å². The molecule has 0 unspecified atom stereocenters. The highest BCUT2D eigenvalue weighted by Crippen LogP contribution is 2.21. The van der Waals surface area contributed by atoms with Gasteiger partial charge < -0.3 is 9.64 Å². The molecule has 1 fully saturated rings. The monoisotopic (exact) mass is 250 g/mol. The van der Waals surface area contributed by atoms with E-state index >= 15 is 0 Å². The van der Waals surface area contributed by atoms with Gasteiger partial charge in [0.2, 0.25) is 5.95 Å². The molecular formula is C11H14N4OS. The number of morpholine rings is 1. The molecule has 0 radical (unpaired) electrons. The summed E-state index contributed by atoms with van der Waals surface area (Å²) in [5.74, 6) is 0.965. The van der Waals surface area contributed by atoms with Crippen LogP contribution in [-0.2, 0) is 4.74 Å². The molecule has 3 heterocycles. The van der Waals surface area contributed by atoms with Gasteiger partial charge in [-0.3, -0.25) is 4.40 Å². The van der Waals surface area contributed by atoms with Crippen LogP contribution >= 0.6 is 11.8 Å². The SMILES string of the molecule is CSc1cc2cncn2c(N2CCOCC2)n1. The van der Waals surface area contributed by atoms with Gasteiger partial charge in [-0.2, -0.15) is 0 Å². The van der Waals surface area contributed by atoms with Crippen LogP contribution in [-0.4, -0.2) is 46.9 Å². The van der Waals surface area contributed by atoms with E-state index in [0.717, 1.165) is 42.8 Å². The number of aromatic nitrogens is 3. The maximum absolute atomic E-state index is 5.37. The van der Waals surface area contributed by atoms with Crippen LogP contribution < -0.4 is 4.90 Å². The van der Waals surface area contributed by atoms with E-state index in [1.54, 1.807) is 11.8 Å². The summed E-state index contributed by atoms with van der Waals surface area (Å²) < 4.78 is 7.40. The number of ether oxygens (including phenoxy) is 1. The maximum atomic E-state index is 5.37. The highest BCUT2D eigenvalue weighted by Gasteiger charge is 2.16. The molecule has 1 aliphatic rings. The Hall–Kier alpha value is -1.27. The molecule has 5 nitrogen and oxygen atoms in total. The standard InChI is InChI=1S/C11H14N4OS/c1-17-10-6-9-7-12-8-15(9)11(13-10)14-2-4-16-5-3-14/h6-8H,2-5H2,1H3. The van der Waals surface area contributed by atoms with E-state index in [1.165, 1.54) is 0 Å². The average molecular weight is 250 g/mol. The van der Waals surface area contributed by atoms with E-state index in [2.05, 4.69) is 20.9 Å². The zero-order valence-corrected chi connectivity index (χ0v) is 10.5. The molecule has 0 atom stereocenters. The van der Waals surface area contributed by atoms with E-state index in [4.69, 9.17) is 4.74 Å². The van der Waals surface area contributed by atoms with Crippen LogP contribution in [0.5, 0.6) is 0 Å². The number of nitrogens with zero attached hydrogens (tertiary/aromatic N) is 4. The van der Waals surface area contributed by atoms with Gasteiger partial charge in [-0.15, -0.1) is 11.8 Å². The molecule has 1 saturated heterocycles. The first-order valence-electron chi connectivity index (χ1n) is 5.58. The smallest absolute Gasteiger partial charge is 0.212 e. The van der Waals surface area contributed by atoms with E-state index in [0.29, 0.717) is 0 Å². The van der Waals surface area contributed by atoms with Crippen molar-refractivity contribution in [2.45, 2.75) is 5.03 Å². The fraction of sp³-hybridized carbons (Fsp3) is 0.455. The molecule has 2 aromatic heterocycles. The summed E-state index contributed by atoms with van der Waals surface area (Å²) >= 11 is 1.66. The lowest BCUT2D eigenvalue weighted by atomic mass is 10.4. The Morgan fingerprint density at radius 1 is 1.35 bits per heavy atom. The Bertz CT molecular complexity index is 521. The van der Waals surface area contributed by atoms with Gasteiger partial charge in [0.1, 0.15) is 11.4 Å². The van der Waals surface area contributed by atoms with Crippen molar-refractivity contribution in [1.82, 2.24) is 14.4 Å². The van der Waals surface area contributed by atoms with Crippen molar-refractivity contribution in [3.63, 3.8) is 0 Å². The van der Waals surface area contributed by atoms with Crippen molar-refractivity contribution in [1.29, 1.82) is 0 Å². The Morgan fingerprint density at radius 3 is 2.94 bits per heavy atom. The molecule has 90 valence electrons. The first-order chi connectivity index (χ1) is 8.38. The fourth-order valence-electron chi connectivity index (χ4n) is 1.98. The Balaban J connectivity index is 2.08. The van der Waals surface area contributed by atoms with Crippen molar-refractivity contribution < 1.29 is 4.74 Å². The Labute approximate surface area is 104 Å². The molecule has 0 N–H and O–H groups in total. The third kappa shape index (κ3) is 1.98. The van der Waals surface area contributed by atoms with Gasteiger partial charge in [-0.05, 0) is 12.3 Å². The van der Waals surface area contributed by atoms with Gasteiger partial charge in [0, 0.05) is 13.1 Å². The quantitative estimate of drug-likeness (QED) is 0.593. The highest BCUT2D eigenvalue weighted by atomic mass is 32.2. The lowest BCUT2D eigenvalue weighted by Crippen LogP contribution is -2.38. The minimum atomic E-state index is 0.765. The number of hydrogen-bond donors (Lipinski definition) is 0. The summed E-state index contributed by atoms with van der Waals surface area (Å²) in [5, 5.41) is 1.03. The summed E-state index contributed by atoms with van der Waals surface area (Å²) in [6.07, 6.45) is 5.72. The second-order valence-electron chi connectivity index (χ2n) is 3.89. The van der Waals surface area contributed by atoms with Crippen LogP contribution in [0.1, 0.15) is 0 Å². The lowest BCUT2D eigenvalue weighted by molar-refractivity contribution is 0.122. The van der Waals surface area contributed by atoms with Crippen LogP contribution in [0, 0.1) is 0 Å². The molecule has 0 aliphatic carbocycles. The third-order valence-electron chi connectivity index (χ3n) is 2.87. The van der Waals surface area contributed by atoms with Crippen LogP contribution in [0.15, 0.2) is 23.6 Å². The van der Waals surface area contributed by atoms with Gasteiger partial charge in [0.15, 0.2) is 0 Å². The first kappa shape index (κ1) is 10.9. The summed E-state index contributed by atoms with van der Waals surface area (Å²) in [6, 6.07) is 2.06. The van der Waals surface area contributed by atoms with Crippen LogP contribution in [0.25, 0.3) is 5.52 Å². The van der Waals surface area contributed by atoms with Crippen LogP contribution in [0.2, 0.25) is 0 Å². The highest BCUT2D eigenvalue weighted by molar-refractivity contribution is 7.98. The normalized spacial score (nSPS) is 16.6. The predicted octanol–water partition coefficient (Wildman–Crippen LogP) is 1.29. The largest absolute Gasteiger partial charge is 0.378 e. The van der Waals surface area contributed by atoms with E-state index in [1.807, 2.05) is 23.2 Å². The van der Waals surface area contributed by atoms with Gasteiger partial charge in [0.05, 0.1) is 24.9 Å². The van der Waals surface area contributed by atoms with Crippen molar-refractivity contribution in [2.24, 2.45) is 0 Å². The zero-order chi connectivity index (χ0) is 11.7. The molecule has 17 heavy (non-hydrogen) atoms. The maximum Gasteiger partial charge on any atom is 0.212 e. The Morgan fingerprint density at radius 2 is 2.18 bits per heavy atom. The fourth-order valence-corrected chi connectivity index (χ4v) is 2.39. The minimum Gasteiger partial charge on any atom is -0.378 e. The Kier molecular flexibility index (Phi) is 2.90. The summed E-state index contributed by atoms with van der Waals surface area (Å²) in [5.41, 5.74) is 1.09. The lowest BCUT2D eigenvalue weighted by Gasteiger charge is -2.28. The first-order valence-corrected chi connectivity index (χ1v) is 6.81. The molecular weight excluding hydrogens is 236 g/mol. The second kappa shape index (κ2) is 4.54. The molecule has 2 aromatic rings. The summed E-state index contributed by atoms with van der Waals surface area (Å²) in [7, 11) is 0. The third-order valence-corrected chi connectivity index (χ3v) is 3.49. The topological polar surface area (TPSA) is 42.7 Å². The van der Waals surface area contributed by atoms with Gasteiger partial charge in [-0.1, -0.05) is 0 Å². The van der Waals surface area contributed by atoms with Crippen molar-refractivity contribution in [3.8, 4) is 0 Å². The number of thioether (sulfide) groups is 1. The van der Waals surface area contributed by atoms with Crippen molar-refractivity contribution in [2.75, 3.05) is 37.5 Å². The zero-order valence-electron chi connectivity index (χ0n) is 9.67. The van der Waals surface area contributed by atoms with Crippen molar-refractivity contribution >= 4 is 23.2 Å². The molecule has 0 bridgehead atoms. The molecule has 0 aromatic carbocycles. The van der Waals surface area contributed by atoms with E-state index < -0.39 is 0 Å². The van der Waals surface area contributed by atoms with E-state index in [-0.39, 0.29) is 0 Å². The molecule has 6 heteroatoms. The minimum absolute atomic E-state index is 0.765. The summed E-state index contributed by atoms with van der Waals surface area (Å²) in [4.78, 5) is 11.1.